The summed E-state index contributed by atoms with van der Waals surface area (Å²) in [5.41, 5.74) is 0. The third-order valence-electron chi connectivity index (χ3n) is 2.59. The molecule has 1 aromatic heterocycles. The minimum Gasteiger partial charge on any atom is -0.463 e. The number of furan rings is 1. The van der Waals surface area contributed by atoms with E-state index in [4.69, 9.17) is 9.52 Å². The van der Waals surface area contributed by atoms with Crippen LogP contribution in [0.15, 0.2) is 16.5 Å². The highest BCUT2D eigenvalue weighted by Crippen LogP contribution is 2.39. The topological polar surface area (TPSA) is 73.9 Å². The van der Waals surface area contributed by atoms with Crippen molar-refractivity contribution in [2.75, 3.05) is 18.9 Å². The van der Waals surface area contributed by atoms with Crippen LogP contribution in [0.1, 0.15) is 16.9 Å². The second-order valence-corrected chi connectivity index (χ2v) is 5.06. The van der Waals surface area contributed by atoms with E-state index in [1.54, 1.807) is 4.90 Å². The smallest absolute Gasteiger partial charge is 0.234 e. The molecule has 0 saturated carbocycles. The lowest BCUT2D eigenvalue weighted by Gasteiger charge is -2.24. The molecule has 2 rings (SSSR count). The number of β-amino-alcohol motifs (C(OH)–C–C–N with tert-alkyl or cyclic N) is 1. The van der Waals surface area contributed by atoms with Gasteiger partial charge in [-0.2, -0.15) is 0 Å². The lowest BCUT2D eigenvalue weighted by molar-refractivity contribution is -0.130. The molecule has 2 N–H and O–H groups in total. The fraction of sp³-hybridized carbons (Fsp3) is 0.545. The van der Waals surface area contributed by atoms with Gasteiger partial charge in [0.2, 0.25) is 5.91 Å². The molecule has 0 radical (unpaired) electrons. The first-order valence-corrected chi connectivity index (χ1v) is 6.43. The number of aryl methyl sites for hydroxylation is 1. The Hall–Kier alpha value is -0.980. The maximum Gasteiger partial charge on any atom is 0.234 e. The van der Waals surface area contributed by atoms with Gasteiger partial charge < -0.3 is 19.5 Å². The number of hydrogen-bond acceptors (Lipinski definition) is 5. The summed E-state index contributed by atoms with van der Waals surface area (Å²) in [6.45, 7) is 1.63. The third-order valence-corrected chi connectivity index (χ3v) is 3.81. The van der Waals surface area contributed by atoms with Crippen LogP contribution in [-0.2, 0) is 4.79 Å². The summed E-state index contributed by atoms with van der Waals surface area (Å²) in [5.74, 6) is 1.84. The lowest BCUT2D eigenvalue weighted by Crippen LogP contribution is -2.36. The highest BCUT2D eigenvalue weighted by Gasteiger charge is 2.35. The summed E-state index contributed by atoms with van der Waals surface area (Å²) < 4.78 is 5.50. The van der Waals surface area contributed by atoms with E-state index in [2.05, 4.69) is 0 Å². The van der Waals surface area contributed by atoms with Gasteiger partial charge in [-0.05, 0) is 19.1 Å². The number of rotatable bonds is 4. The maximum absolute atomic E-state index is 11.7. The summed E-state index contributed by atoms with van der Waals surface area (Å²) in [5, 5.41) is 18.0. The minimum absolute atomic E-state index is 0.0402. The normalized spacial score (nSPS) is 22.2. The molecule has 1 aliphatic rings. The number of thioether (sulfide) groups is 1. The summed E-state index contributed by atoms with van der Waals surface area (Å²) >= 11 is 1.47. The van der Waals surface area contributed by atoms with Crippen LogP contribution in [0.5, 0.6) is 0 Å². The SMILES string of the molecule is Cc1ccc(C2SCC(=O)N2CC(O)CO)o1. The first-order valence-electron chi connectivity index (χ1n) is 5.38. The Bertz CT molecular complexity index is 406. The molecular formula is C11H15NO4S. The molecule has 1 saturated heterocycles. The Morgan fingerprint density at radius 1 is 1.65 bits per heavy atom. The van der Waals surface area contributed by atoms with E-state index in [9.17, 15) is 9.90 Å². The van der Waals surface area contributed by atoms with E-state index < -0.39 is 6.10 Å². The summed E-state index contributed by atoms with van der Waals surface area (Å²) in [6, 6.07) is 3.68. The lowest BCUT2D eigenvalue weighted by atomic mass is 10.3. The van der Waals surface area contributed by atoms with Gasteiger partial charge in [-0.3, -0.25) is 4.79 Å². The Morgan fingerprint density at radius 3 is 3.00 bits per heavy atom. The van der Waals surface area contributed by atoms with Crippen molar-refractivity contribution in [2.45, 2.75) is 18.4 Å². The van der Waals surface area contributed by atoms with Crippen LogP contribution < -0.4 is 0 Å². The number of carbonyl (C=O) groups is 1. The van der Waals surface area contributed by atoms with Crippen molar-refractivity contribution >= 4 is 17.7 Å². The van der Waals surface area contributed by atoms with Gasteiger partial charge in [0, 0.05) is 0 Å². The quantitative estimate of drug-likeness (QED) is 0.822. The summed E-state index contributed by atoms with van der Waals surface area (Å²) in [6.07, 6.45) is -0.906. The zero-order valence-electron chi connectivity index (χ0n) is 9.50. The second kappa shape index (κ2) is 5.12. The number of nitrogens with zero attached hydrogens (tertiary/aromatic N) is 1. The molecule has 2 heterocycles. The Morgan fingerprint density at radius 2 is 2.41 bits per heavy atom. The average Bonchev–Trinajstić information content (AvgIpc) is 2.87. The summed E-state index contributed by atoms with van der Waals surface area (Å²) in [7, 11) is 0. The first-order chi connectivity index (χ1) is 8.11. The van der Waals surface area contributed by atoms with Crippen molar-refractivity contribution in [2.24, 2.45) is 0 Å². The van der Waals surface area contributed by atoms with Gasteiger partial charge in [-0.15, -0.1) is 11.8 Å². The predicted molar refractivity (Wildman–Crippen MR) is 63.4 cm³/mol. The van der Waals surface area contributed by atoms with E-state index in [1.807, 2.05) is 19.1 Å². The van der Waals surface area contributed by atoms with E-state index in [0.717, 1.165) is 5.76 Å². The van der Waals surface area contributed by atoms with E-state index in [1.165, 1.54) is 11.8 Å². The van der Waals surface area contributed by atoms with E-state index >= 15 is 0 Å². The Labute approximate surface area is 103 Å². The number of amides is 1. The number of aliphatic hydroxyl groups is 2. The fourth-order valence-corrected chi connectivity index (χ4v) is 2.90. The zero-order valence-corrected chi connectivity index (χ0v) is 10.3. The van der Waals surface area contributed by atoms with E-state index in [0.29, 0.717) is 11.5 Å². The molecule has 0 spiro atoms. The monoisotopic (exact) mass is 257 g/mol. The molecule has 1 fully saturated rings. The molecule has 2 atom stereocenters. The molecular weight excluding hydrogens is 242 g/mol. The highest BCUT2D eigenvalue weighted by atomic mass is 32.2. The molecule has 1 aromatic rings. The van der Waals surface area contributed by atoms with Crippen molar-refractivity contribution in [3.63, 3.8) is 0 Å². The van der Waals surface area contributed by atoms with Crippen LogP contribution in [-0.4, -0.2) is 46.0 Å². The van der Waals surface area contributed by atoms with Crippen LogP contribution in [0.25, 0.3) is 0 Å². The van der Waals surface area contributed by atoms with Crippen molar-refractivity contribution in [3.05, 3.63) is 23.7 Å². The molecule has 0 aliphatic carbocycles. The molecule has 0 bridgehead atoms. The zero-order chi connectivity index (χ0) is 12.4. The van der Waals surface area contributed by atoms with Gasteiger partial charge in [0.25, 0.3) is 0 Å². The Kier molecular flexibility index (Phi) is 3.76. The third kappa shape index (κ3) is 2.65. The molecule has 17 heavy (non-hydrogen) atoms. The van der Waals surface area contributed by atoms with Gasteiger partial charge in [0.15, 0.2) is 0 Å². The van der Waals surface area contributed by atoms with Gasteiger partial charge in [-0.25, -0.2) is 0 Å². The molecule has 1 amide bonds. The van der Waals surface area contributed by atoms with Crippen molar-refractivity contribution in [1.82, 2.24) is 4.90 Å². The van der Waals surface area contributed by atoms with Crippen molar-refractivity contribution in [3.8, 4) is 0 Å². The number of carbonyl (C=O) groups excluding carboxylic acids is 1. The average molecular weight is 257 g/mol. The van der Waals surface area contributed by atoms with Gasteiger partial charge in [0.05, 0.1) is 25.0 Å². The van der Waals surface area contributed by atoms with E-state index in [-0.39, 0.29) is 24.4 Å². The Balaban J connectivity index is 2.13. The van der Waals surface area contributed by atoms with Crippen molar-refractivity contribution in [1.29, 1.82) is 0 Å². The van der Waals surface area contributed by atoms with Crippen LogP contribution >= 0.6 is 11.8 Å². The minimum atomic E-state index is -0.906. The van der Waals surface area contributed by atoms with Crippen LogP contribution in [0.4, 0.5) is 0 Å². The molecule has 6 heteroatoms. The molecule has 1 aliphatic heterocycles. The predicted octanol–water partition coefficient (Wildman–Crippen LogP) is 0.515. The molecule has 0 aromatic carbocycles. The molecule has 5 nitrogen and oxygen atoms in total. The standard InChI is InChI=1S/C11H15NO4S/c1-7-2-3-9(16-7)11-12(4-8(14)5-13)10(15)6-17-11/h2-3,8,11,13-14H,4-6H2,1H3. The first kappa shape index (κ1) is 12.5. The maximum atomic E-state index is 11.7. The number of aliphatic hydroxyl groups excluding tert-OH is 2. The summed E-state index contributed by atoms with van der Waals surface area (Å²) in [4.78, 5) is 13.2. The van der Waals surface area contributed by atoms with Crippen LogP contribution in [0.2, 0.25) is 0 Å². The molecule has 94 valence electrons. The molecule has 2 unspecified atom stereocenters. The highest BCUT2D eigenvalue weighted by molar-refractivity contribution is 8.00. The largest absolute Gasteiger partial charge is 0.463 e. The van der Waals surface area contributed by atoms with Gasteiger partial charge >= 0.3 is 0 Å². The van der Waals surface area contributed by atoms with Crippen LogP contribution in [0, 0.1) is 6.92 Å². The van der Waals surface area contributed by atoms with Gasteiger partial charge in [-0.1, -0.05) is 0 Å². The fourth-order valence-electron chi connectivity index (χ4n) is 1.76. The van der Waals surface area contributed by atoms with Gasteiger partial charge in [0.1, 0.15) is 16.9 Å². The second-order valence-electron chi connectivity index (χ2n) is 3.99. The number of hydrogen-bond donors (Lipinski definition) is 2. The van der Waals surface area contributed by atoms with Crippen LogP contribution in [0.3, 0.4) is 0 Å². The van der Waals surface area contributed by atoms with Crippen molar-refractivity contribution < 1.29 is 19.4 Å².